The Morgan fingerprint density at radius 1 is 1.37 bits per heavy atom. The van der Waals surface area contributed by atoms with Crippen LogP contribution in [0.15, 0.2) is 57.1 Å². The number of ether oxygens (including phenoxy) is 1. The number of hydrogen-bond acceptors (Lipinski definition) is 5. The van der Waals surface area contributed by atoms with Crippen LogP contribution >= 0.6 is 27.9 Å². The first-order valence-electron chi connectivity index (χ1n) is 8.88. The van der Waals surface area contributed by atoms with Crippen LogP contribution in [0.25, 0.3) is 0 Å². The molecule has 5 nitrogen and oxygen atoms in total. The zero-order chi connectivity index (χ0) is 20.7. The molecule has 1 unspecified atom stereocenters. The Labute approximate surface area is 177 Å². The van der Waals surface area contributed by atoms with E-state index in [1.54, 1.807) is 25.1 Å². The molecule has 1 aromatic rings. The fraction of sp³-hybridized carbons (Fsp3) is 0.450. The second-order valence-corrected chi connectivity index (χ2v) is 7.71. The van der Waals surface area contributed by atoms with Crippen molar-refractivity contribution in [2.75, 3.05) is 26.1 Å². The minimum atomic E-state index is 0.179. The summed E-state index contributed by atoms with van der Waals surface area (Å²) in [5.74, 6) is 1.65. The number of aliphatic imine (C=N–C) groups is 1. The number of benzene rings is 1. The quantitative estimate of drug-likeness (QED) is 0.197. The predicted molar refractivity (Wildman–Crippen MR) is 125 cm³/mol. The van der Waals surface area contributed by atoms with Crippen molar-refractivity contribution in [3.05, 3.63) is 47.2 Å². The molecule has 3 N–H and O–H groups in total. The van der Waals surface area contributed by atoms with Gasteiger partial charge in [0.05, 0.1) is 6.61 Å². The van der Waals surface area contributed by atoms with Crippen LogP contribution in [0.5, 0.6) is 0 Å². The first kappa shape index (κ1) is 25.7. The minimum absolute atomic E-state index is 0.179. The molecule has 0 saturated heterocycles. The molecule has 1 aromatic carbocycles. The summed E-state index contributed by atoms with van der Waals surface area (Å²) in [7, 11) is 3.60. The number of nitrogens with zero attached hydrogens (tertiary/aromatic N) is 1. The van der Waals surface area contributed by atoms with E-state index in [0.717, 1.165) is 28.2 Å². The van der Waals surface area contributed by atoms with E-state index in [1.807, 2.05) is 33.0 Å². The van der Waals surface area contributed by atoms with Gasteiger partial charge in [-0.25, -0.2) is 4.99 Å². The number of rotatable bonds is 9. The summed E-state index contributed by atoms with van der Waals surface area (Å²) in [6.07, 6.45) is 2.62. The van der Waals surface area contributed by atoms with Crippen LogP contribution in [-0.2, 0) is 4.74 Å². The molecular formula is C20H33BrN4OS. The van der Waals surface area contributed by atoms with E-state index in [9.17, 15) is 0 Å². The SMILES string of the molecule is C=CC.CC/C(Br)=C(\N=C(/C)Nc1ccc(SNC)cc1)NC(C)COC. The van der Waals surface area contributed by atoms with Gasteiger partial charge in [0.1, 0.15) is 11.7 Å². The second kappa shape index (κ2) is 15.7. The lowest BCUT2D eigenvalue weighted by atomic mass is 10.3. The Kier molecular flexibility index (Phi) is 15.0. The summed E-state index contributed by atoms with van der Waals surface area (Å²) >= 11 is 5.18. The van der Waals surface area contributed by atoms with Crippen molar-refractivity contribution in [1.29, 1.82) is 0 Å². The van der Waals surface area contributed by atoms with Gasteiger partial charge in [-0.3, -0.25) is 4.72 Å². The van der Waals surface area contributed by atoms with Crippen molar-refractivity contribution in [2.45, 2.75) is 45.1 Å². The Hall–Kier alpha value is -1.28. The summed E-state index contributed by atoms with van der Waals surface area (Å²) in [5.41, 5.74) is 1.01. The van der Waals surface area contributed by atoms with Crippen molar-refractivity contribution in [1.82, 2.24) is 10.0 Å². The summed E-state index contributed by atoms with van der Waals surface area (Å²) in [5, 5.41) is 6.70. The predicted octanol–water partition coefficient (Wildman–Crippen LogP) is 5.53. The molecule has 0 amide bonds. The van der Waals surface area contributed by atoms with Crippen LogP contribution in [0.4, 0.5) is 5.69 Å². The van der Waals surface area contributed by atoms with Crippen molar-refractivity contribution < 1.29 is 4.74 Å². The number of anilines is 1. The fourth-order valence-electron chi connectivity index (χ4n) is 1.99. The highest BCUT2D eigenvalue weighted by Gasteiger charge is 2.07. The van der Waals surface area contributed by atoms with Crippen LogP contribution < -0.4 is 15.4 Å². The monoisotopic (exact) mass is 456 g/mol. The van der Waals surface area contributed by atoms with Crippen LogP contribution in [0.2, 0.25) is 0 Å². The Bertz CT molecular complexity index is 603. The molecule has 0 radical (unpaired) electrons. The number of halogens is 1. The maximum atomic E-state index is 5.18. The smallest absolute Gasteiger partial charge is 0.138 e. The zero-order valence-electron chi connectivity index (χ0n) is 17.2. The summed E-state index contributed by atoms with van der Waals surface area (Å²) in [4.78, 5) is 5.85. The average Bonchev–Trinajstić information content (AvgIpc) is 2.63. The summed E-state index contributed by atoms with van der Waals surface area (Å²) in [6.45, 7) is 12.0. The van der Waals surface area contributed by atoms with Crippen molar-refractivity contribution in [2.24, 2.45) is 4.99 Å². The van der Waals surface area contributed by atoms with E-state index in [1.165, 1.54) is 4.90 Å². The number of nitrogens with one attached hydrogen (secondary N) is 3. The van der Waals surface area contributed by atoms with Crippen molar-refractivity contribution in [3.63, 3.8) is 0 Å². The molecule has 0 aromatic heterocycles. The van der Waals surface area contributed by atoms with Gasteiger partial charge in [-0.15, -0.1) is 6.58 Å². The number of amidine groups is 1. The van der Waals surface area contributed by atoms with E-state index >= 15 is 0 Å². The normalized spacial score (nSPS) is 13.1. The Balaban J connectivity index is 0.00000210. The molecule has 1 rings (SSSR count). The molecule has 0 aliphatic rings. The van der Waals surface area contributed by atoms with E-state index in [0.29, 0.717) is 6.61 Å². The molecule has 152 valence electrons. The van der Waals surface area contributed by atoms with E-state index in [4.69, 9.17) is 4.74 Å². The highest BCUT2D eigenvalue weighted by atomic mass is 79.9. The van der Waals surface area contributed by atoms with Gasteiger partial charge in [-0.05, 0) is 70.5 Å². The maximum Gasteiger partial charge on any atom is 0.138 e. The molecule has 27 heavy (non-hydrogen) atoms. The van der Waals surface area contributed by atoms with E-state index in [2.05, 4.69) is 68.8 Å². The lowest BCUT2D eigenvalue weighted by Crippen LogP contribution is -2.30. The number of allylic oxidation sites excluding steroid dienone is 2. The standard InChI is InChI=1S/C17H27BrN4OS.C3H6/c1-6-16(18)17(20-12(2)11-23-5)22-13(3)21-14-7-9-15(10-8-14)24-19-4;1-3-2/h7-10,12,19-20H,6,11H2,1-5H3,(H,21,22);3H,1H2,2H3/b17-16+;. The topological polar surface area (TPSA) is 57.7 Å². The Morgan fingerprint density at radius 3 is 2.44 bits per heavy atom. The van der Waals surface area contributed by atoms with Crippen LogP contribution in [0.3, 0.4) is 0 Å². The van der Waals surface area contributed by atoms with Crippen LogP contribution in [0, 0.1) is 0 Å². The van der Waals surface area contributed by atoms with E-state index < -0.39 is 0 Å². The fourth-order valence-corrected chi connectivity index (χ4v) is 2.70. The van der Waals surface area contributed by atoms with Gasteiger partial charge in [-0.1, -0.05) is 28.9 Å². The highest BCUT2D eigenvalue weighted by molar-refractivity contribution is 9.11. The van der Waals surface area contributed by atoms with Crippen molar-refractivity contribution in [3.8, 4) is 0 Å². The Morgan fingerprint density at radius 2 is 1.96 bits per heavy atom. The lowest BCUT2D eigenvalue weighted by Gasteiger charge is -2.17. The molecule has 0 fully saturated rings. The molecular weight excluding hydrogens is 424 g/mol. The van der Waals surface area contributed by atoms with Crippen LogP contribution in [-0.4, -0.2) is 32.6 Å². The first-order chi connectivity index (χ1) is 12.9. The first-order valence-corrected chi connectivity index (χ1v) is 10.5. The largest absolute Gasteiger partial charge is 0.383 e. The van der Waals surface area contributed by atoms with E-state index in [-0.39, 0.29) is 6.04 Å². The molecule has 1 atom stereocenters. The van der Waals surface area contributed by atoms with Gasteiger partial charge in [-0.2, -0.15) is 0 Å². The van der Waals surface area contributed by atoms with Gasteiger partial charge in [0.15, 0.2) is 0 Å². The lowest BCUT2D eigenvalue weighted by molar-refractivity contribution is 0.176. The third kappa shape index (κ3) is 11.9. The van der Waals surface area contributed by atoms with Gasteiger partial charge in [0.25, 0.3) is 0 Å². The van der Waals surface area contributed by atoms with Gasteiger partial charge in [0, 0.05) is 28.2 Å². The summed E-state index contributed by atoms with van der Waals surface area (Å²) in [6, 6.07) is 8.39. The number of methoxy groups -OCH3 is 1. The summed E-state index contributed by atoms with van der Waals surface area (Å²) < 4.78 is 9.27. The third-order valence-corrected chi connectivity index (χ3v) is 4.69. The third-order valence-electron chi connectivity index (χ3n) is 3.05. The molecule has 0 saturated carbocycles. The van der Waals surface area contributed by atoms with Crippen molar-refractivity contribution >= 4 is 39.4 Å². The zero-order valence-corrected chi connectivity index (χ0v) is 19.6. The highest BCUT2D eigenvalue weighted by Crippen LogP contribution is 2.18. The average molecular weight is 457 g/mol. The van der Waals surface area contributed by atoms with Crippen LogP contribution in [0.1, 0.15) is 34.1 Å². The van der Waals surface area contributed by atoms with Gasteiger partial charge >= 0.3 is 0 Å². The minimum Gasteiger partial charge on any atom is -0.383 e. The van der Waals surface area contributed by atoms with Gasteiger partial charge < -0.3 is 15.4 Å². The molecule has 0 bridgehead atoms. The van der Waals surface area contributed by atoms with Gasteiger partial charge in [0.2, 0.25) is 0 Å². The molecule has 0 aliphatic heterocycles. The molecule has 0 aliphatic carbocycles. The molecule has 0 spiro atoms. The second-order valence-electron chi connectivity index (χ2n) is 5.67. The molecule has 7 heteroatoms. The maximum absolute atomic E-state index is 5.18. The number of hydrogen-bond donors (Lipinski definition) is 3. The molecule has 0 heterocycles.